The first-order valence-electron chi connectivity index (χ1n) is 5.53. The summed E-state index contributed by atoms with van der Waals surface area (Å²) in [5, 5.41) is 1.83. The van der Waals surface area contributed by atoms with Crippen molar-refractivity contribution >= 4 is 38.4 Å². The molecule has 0 aliphatic heterocycles. The Hall–Kier alpha value is -0.540. The summed E-state index contributed by atoms with van der Waals surface area (Å²) in [6.45, 7) is 1.98. The third-order valence-corrected chi connectivity index (χ3v) is 4.55. The Labute approximate surface area is 108 Å². The van der Waals surface area contributed by atoms with Gasteiger partial charge in [0.15, 0.2) is 5.15 Å². The maximum Gasteiger partial charge on any atom is 0.153 e. The minimum absolute atomic E-state index is 0.588. The molecule has 0 fully saturated rings. The van der Waals surface area contributed by atoms with E-state index < -0.39 is 0 Å². The van der Waals surface area contributed by atoms with Gasteiger partial charge in [-0.2, -0.15) is 0 Å². The van der Waals surface area contributed by atoms with Crippen molar-refractivity contribution in [3.05, 3.63) is 26.6 Å². The molecule has 1 aliphatic carbocycles. The zero-order valence-corrected chi connectivity index (χ0v) is 11.4. The third kappa shape index (κ3) is 1.41. The number of aryl methyl sites for hydroxylation is 3. The second-order valence-electron chi connectivity index (χ2n) is 4.34. The number of hydrogen-bond donors (Lipinski definition) is 1. The van der Waals surface area contributed by atoms with Gasteiger partial charge in [-0.1, -0.05) is 11.6 Å². The van der Waals surface area contributed by atoms with Gasteiger partial charge in [-0.05, 0) is 54.1 Å². The smallest absolute Gasteiger partial charge is 0.153 e. The lowest BCUT2D eigenvalue weighted by molar-refractivity contribution is 0.680. The molecule has 0 aromatic carbocycles. The van der Waals surface area contributed by atoms with Crippen molar-refractivity contribution in [2.75, 3.05) is 0 Å². The first-order chi connectivity index (χ1) is 7.68. The molecule has 1 aliphatic rings. The van der Waals surface area contributed by atoms with E-state index in [4.69, 9.17) is 11.6 Å². The number of nitrogens with one attached hydrogen (secondary N) is 1. The number of fused-ring (bicyclic) bond motifs is 3. The van der Waals surface area contributed by atoms with Crippen LogP contribution in [0.1, 0.15) is 29.8 Å². The van der Waals surface area contributed by atoms with Crippen LogP contribution in [0.2, 0.25) is 5.15 Å². The van der Waals surface area contributed by atoms with Crippen LogP contribution in [0.5, 0.6) is 0 Å². The van der Waals surface area contributed by atoms with Crippen LogP contribution in [-0.2, 0) is 12.8 Å². The van der Waals surface area contributed by atoms with Gasteiger partial charge < -0.3 is 4.98 Å². The number of H-pyrrole nitrogens is 1. The molecular weight excluding hydrogens is 288 g/mol. The van der Waals surface area contributed by atoms with Crippen molar-refractivity contribution in [3.8, 4) is 0 Å². The van der Waals surface area contributed by atoms with E-state index >= 15 is 0 Å². The fraction of sp³-hybridized carbons (Fsp3) is 0.417. The van der Waals surface area contributed by atoms with Gasteiger partial charge in [-0.15, -0.1) is 0 Å². The quantitative estimate of drug-likeness (QED) is 0.727. The van der Waals surface area contributed by atoms with Crippen molar-refractivity contribution in [1.29, 1.82) is 0 Å². The lowest BCUT2D eigenvalue weighted by Gasteiger charge is -2.11. The molecule has 2 aromatic heterocycles. The minimum Gasteiger partial charge on any atom is -0.356 e. The fourth-order valence-electron chi connectivity index (χ4n) is 2.51. The zero-order chi connectivity index (χ0) is 11.3. The monoisotopic (exact) mass is 298 g/mol. The van der Waals surface area contributed by atoms with E-state index in [9.17, 15) is 0 Å². The van der Waals surface area contributed by atoms with E-state index in [1.54, 1.807) is 0 Å². The van der Waals surface area contributed by atoms with Gasteiger partial charge >= 0.3 is 0 Å². The average molecular weight is 300 g/mol. The number of pyridine rings is 1. The molecule has 0 bridgehead atoms. The lowest BCUT2D eigenvalue weighted by Crippen LogP contribution is -2.00. The maximum absolute atomic E-state index is 6.19. The average Bonchev–Trinajstić information content (AvgIpc) is 2.66. The standard InChI is InChI=1S/C12H12BrClN2/c1-6-10(13)9-7-4-2-3-5-8(7)16-11(9)12(14)15-6/h16H,2-5H2,1H3. The van der Waals surface area contributed by atoms with Gasteiger partial charge in [0, 0.05) is 15.6 Å². The molecule has 0 saturated heterocycles. The Morgan fingerprint density at radius 3 is 2.88 bits per heavy atom. The van der Waals surface area contributed by atoms with Crippen LogP contribution in [0.25, 0.3) is 10.9 Å². The van der Waals surface area contributed by atoms with Crippen molar-refractivity contribution in [1.82, 2.24) is 9.97 Å². The number of halogens is 2. The largest absolute Gasteiger partial charge is 0.356 e. The van der Waals surface area contributed by atoms with Crippen LogP contribution in [0.15, 0.2) is 4.47 Å². The highest BCUT2D eigenvalue weighted by Crippen LogP contribution is 2.37. The first-order valence-corrected chi connectivity index (χ1v) is 6.70. The Bertz CT molecular complexity index is 574. The second-order valence-corrected chi connectivity index (χ2v) is 5.49. The number of aromatic amines is 1. The topological polar surface area (TPSA) is 28.7 Å². The summed E-state index contributed by atoms with van der Waals surface area (Å²) in [7, 11) is 0. The van der Waals surface area contributed by atoms with Gasteiger partial charge in [0.2, 0.25) is 0 Å². The van der Waals surface area contributed by atoms with E-state index in [0.717, 1.165) is 28.5 Å². The molecule has 84 valence electrons. The van der Waals surface area contributed by atoms with Crippen molar-refractivity contribution < 1.29 is 0 Å². The Morgan fingerprint density at radius 1 is 1.31 bits per heavy atom. The molecule has 2 aromatic rings. The number of rotatable bonds is 0. The molecule has 0 amide bonds. The predicted molar refractivity (Wildman–Crippen MR) is 70.2 cm³/mol. The van der Waals surface area contributed by atoms with E-state index in [1.807, 2.05) is 6.92 Å². The lowest BCUT2D eigenvalue weighted by atomic mass is 9.96. The maximum atomic E-state index is 6.19. The van der Waals surface area contributed by atoms with Gasteiger partial charge in [-0.3, -0.25) is 0 Å². The SMILES string of the molecule is Cc1nc(Cl)c2[nH]c3c(c2c1Br)CCCC3. The van der Waals surface area contributed by atoms with Crippen LogP contribution in [0, 0.1) is 6.92 Å². The van der Waals surface area contributed by atoms with E-state index in [2.05, 4.69) is 25.9 Å². The van der Waals surface area contributed by atoms with Gasteiger partial charge in [-0.25, -0.2) is 4.98 Å². The molecular formula is C12H12BrClN2. The van der Waals surface area contributed by atoms with Crippen molar-refractivity contribution in [3.63, 3.8) is 0 Å². The highest BCUT2D eigenvalue weighted by Gasteiger charge is 2.20. The summed E-state index contributed by atoms with van der Waals surface area (Å²) in [6, 6.07) is 0. The normalized spacial score (nSPS) is 15.4. The molecule has 0 radical (unpaired) electrons. The van der Waals surface area contributed by atoms with E-state index in [0.29, 0.717) is 5.15 Å². The second kappa shape index (κ2) is 3.74. The summed E-state index contributed by atoms with van der Waals surface area (Å²) < 4.78 is 1.09. The molecule has 0 spiro atoms. The van der Waals surface area contributed by atoms with E-state index in [-0.39, 0.29) is 0 Å². The highest BCUT2D eigenvalue weighted by atomic mass is 79.9. The van der Waals surface area contributed by atoms with Crippen LogP contribution >= 0.6 is 27.5 Å². The fourth-order valence-corrected chi connectivity index (χ4v) is 3.31. The Morgan fingerprint density at radius 2 is 2.06 bits per heavy atom. The zero-order valence-electron chi connectivity index (χ0n) is 9.03. The molecule has 2 nitrogen and oxygen atoms in total. The predicted octanol–water partition coefficient (Wildman–Crippen LogP) is 4.17. The Kier molecular flexibility index (Phi) is 2.48. The molecule has 2 heterocycles. The van der Waals surface area contributed by atoms with Crippen LogP contribution in [0.4, 0.5) is 0 Å². The van der Waals surface area contributed by atoms with Crippen LogP contribution < -0.4 is 0 Å². The molecule has 4 heteroatoms. The summed E-state index contributed by atoms with van der Waals surface area (Å²) in [5.74, 6) is 0. The number of hydrogen-bond acceptors (Lipinski definition) is 1. The number of aromatic nitrogens is 2. The summed E-state index contributed by atoms with van der Waals surface area (Å²) >= 11 is 9.82. The molecule has 0 atom stereocenters. The van der Waals surface area contributed by atoms with Crippen LogP contribution in [-0.4, -0.2) is 9.97 Å². The first kappa shape index (κ1) is 10.6. The Balaban J connectivity index is 2.43. The van der Waals surface area contributed by atoms with Crippen molar-refractivity contribution in [2.24, 2.45) is 0 Å². The summed E-state index contributed by atoms with van der Waals surface area (Å²) in [4.78, 5) is 7.76. The van der Waals surface area contributed by atoms with E-state index in [1.165, 1.54) is 29.5 Å². The molecule has 0 unspecified atom stereocenters. The number of nitrogens with zero attached hydrogens (tertiary/aromatic N) is 1. The molecule has 1 N–H and O–H groups in total. The minimum atomic E-state index is 0.588. The molecule has 0 saturated carbocycles. The summed E-state index contributed by atoms with van der Waals surface area (Å²) in [5.41, 5.74) is 4.73. The van der Waals surface area contributed by atoms with Gasteiger partial charge in [0.1, 0.15) is 0 Å². The van der Waals surface area contributed by atoms with Gasteiger partial charge in [0.05, 0.1) is 11.2 Å². The van der Waals surface area contributed by atoms with Gasteiger partial charge in [0.25, 0.3) is 0 Å². The third-order valence-electron chi connectivity index (χ3n) is 3.30. The molecule has 16 heavy (non-hydrogen) atoms. The van der Waals surface area contributed by atoms with Crippen LogP contribution in [0.3, 0.4) is 0 Å². The highest BCUT2D eigenvalue weighted by molar-refractivity contribution is 9.10. The summed E-state index contributed by atoms with van der Waals surface area (Å²) in [6.07, 6.45) is 4.81. The van der Waals surface area contributed by atoms with Crippen molar-refractivity contribution in [2.45, 2.75) is 32.6 Å². The molecule has 3 rings (SSSR count).